The minimum absolute atomic E-state index is 0.0691. The van der Waals surface area contributed by atoms with Gasteiger partial charge in [-0.3, -0.25) is 19.1 Å². The molecule has 0 aliphatic carbocycles. The Morgan fingerprint density at radius 3 is 2.88 bits per heavy atom. The van der Waals surface area contributed by atoms with Crippen LogP contribution in [0.25, 0.3) is 11.0 Å². The van der Waals surface area contributed by atoms with Crippen molar-refractivity contribution in [2.75, 3.05) is 0 Å². The van der Waals surface area contributed by atoms with Gasteiger partial charge in [-0.25, -0.2) is 9.78 Å². The normalized spacial score (nSPS) is 10.6. The maximum atomic E-state index is 11.9. The van der Waals surface area contributed by atoms with E-state index in [1.165, 1.54) is 19.3 Å². The smallest absolute Gasteiger partial charge is 0.329 e. The Labute approximate surface area is 94.9 Å². The van der Waals surface area contributed by atoms with Crippen LogP contribution >= 0.6 is 0 Å². The van der Waals surface area contributed by atoms with E-state index in [9.17, 15) is 14.4 Å². The molecule has 0 aromatic carbocycles. The molecule has 2 aromatic rings. The van der Waals surface area contributed by atoms with Gasteiger partial charge in [-0.15, -0.1) is 0 Å². The van der Waals surface area contributed by atoms with Crippen LogP contribution in [0.15, 0.2) is 21.9 Å². The minimum Gasteiger partial charge on any atom is -0.369 e. The molecule has 0 fully saturated rings. The van der Waals surface area contributed by atoms with Gasteiger partial charge in [0.2, 0.25) is 5.91 Å². The first-order valence-electron chi connectivity index (χ1n) is 4.86. The molecule has 0 aliphatic rings. The summed E-state index contributed by atoms with van der Waals surface area (Å²) in [6.45, 7) is 0. The summed E-state index contributed by atoms with van der Waals surface area (Å²) in [6.07, 6.45) is 1.34. The number of primary amides is 1. The second kappa shape index (κ2) is 3.85. The van der Waals surface area contributed by atoms with Crippen molar-refractivity contribution >= 4 is 16.9 Å². The van der Waals surface area contributed by atoms with Crippen LogP contribution in [0.3, 0.4) is 0 Å². The summed E-state index contributed by atoms with van der Waals surface area (Å²) < 4.78 is 0.925. The van der Waals surface area contributed by atoms with E-state index in [1.54, 1.807) is 0 Å². The third-order valence-electron chi connectivity index (χ3n) is 2.45. The Morgan fingerprint density at radius 1 is 1.53 bits per heavy atom. The van der Waals surface area contributed by atoms with Gasteiger partial charge in [0.1, 0.15) is 5.65 Å². The van der Waals surface area contributed by atoms with Crippen LogP contribution in [0.1, 0.15) is 5.56 Å². The summed E-state index contributed by atoms with van der Waals surface area (Å²) in [5.41, 5.74) is 4.67. The molecule has 88 valence electrons. The summed E-state index contributed by atoms with van der Waals surface area (Å²) in [6, 6.07) is 1.53. The average molecular weight is 234 g/mol. The van der Waals surface area contributed by atoms with E-state index in [4.69, 9.17) is 5.73 Å². The number of pyridine rings is 1. The van der Waals surface area contributed by atoms with Crippen LogP contribution < -0.4 is 17.0 Å². The van der Waals surface area contributed by atoms with E-state index in [0.29, 0.717) is 5.56 Å². The van der Waals surface area contributed by atoms with Gasteiger partial charge in [0.05, 0.1) is 11.8 Å². The zero-order valence-electron chi connectivity index (χ0n) is 9.06. The van der Waals surface area contributed by atoms with Crippen molar-refractivity contribution in [1.29, 1.82) is 0 Å². The summed E-state index contributed by atoms with van der Waals surface area (Å²) in [5, 5.41) is 0.216. The molecule has 1 amide bonds. The van der Waals surface area contributed by atoms with Crippen LogP contribution in [0, 0.1) is 0 Å². The van der Waals surface area contributed by atoms with Crippen molar-refractivity contribution < 1.29 is 4.79 Å². The Hall–Kier alpha value is -2.44. The molecule has 0 unspecified atom stereocenters. The van der Waals surface area contributed by atoms with E-state index >= 15 is 0 Å². The highest BCUT2D eigenvalue weighted by Crippen LogP contribution is 2.09. The number of H-pyrrole nitrogens is 1. The van der Waals surface area contributed by atoms with Crippen molar-refractivity contribution in [2.24, 2.45) is 12.8 Å². The summed E-state index contributed by atoms with van der Waals surface area (Å²) in [4.78, 5) is 40.5. The molecule has 3 N–H and O–H groups in total. The van der Waals surface area contributed by atoms with E-state index in [0.717, 1.165) is 4.57 Å². The minimum atomic E-state index is -0.550. The van der Waals surface area contributed by atoms with Gasteiger partial charge in [-0.1, -0.05) is 0 Å². The zero-order chi connectivity index (χ0) is 12.6. The number of hydrogen-bond donors (Lipinski definition) is 2. The van der Waals surface area contributed by atoms with Crippen molar-refractivity contribution in [3.63, 3.8) is 0 Å². The lowest BCUT2D eigenvalue weighted by atomic mass is 10.1. The van der Waals surface area contributed by atoms with Gasteiger partial charge in [-0.2, -0.15) is 0 Å². The predicted octanol–water partition coefficient (Wildman–Crippen LogP) is -1.35. The van der Waals surface area contributed by atoms with Crippen LogP contribution in [0.2, 0.25) is 0 Å². The number of amides is 1. The van der Waals surface area contributed by atoms with Crippen LogP contribution in [-0.2, 0) is 18.3 Å². The quantitative estimate of drug-likeness (QED) is 0.669. The number of fused-ring (bicyclic) bond motifs is 1. The second-order valence-electron chi connectivity index (χ2n) is 3.63. The first-order chi connectivity index (χ1) is 8.00. The highest BCUT2D eigenvalue weighted by molar-refractivity contribution is 5.84. The lowest BCUT2D eigenvalue weighted by Gasteiger charge is -2.04. The fourth-order valence-electron chi connectivity index (χ4n) is 1.62. The molecular formula is C10H10N4O3. The predicted molar refractivity (Wildman–Crippen MR) is 60.5 cm³/mol. The number of aromatic amines is 1. The average Bonchev–Trinajstić information content (AvgIpc) is 2.25. The topological polar surface area (TPSA) is 111 Å². The fraction of sp³-hybridized carbons (Fsp3) is 0.200. The second-order valence-corrected chi connectivity index (χ2v) is 3.63. The number of nitrogens with one attached hydrogen (secondary N) is 1. The molecular weight excluding hydrogens is 224 g/mol. The highest BCUT2D eigenvalue weighted by atomic mass is 16.2. The molecule has 0 atom stereocenters. The Bertz CT molecular complexity index is 714. The molecule has 2 heterocycles. The SMILES string of the molecule is Cn1c(=O)[nH]c2nccc(CC(N)=O)c2c1=O. The number of hydrogen-bond acceptors (Lipinski definition) is 4. The molecule has 0 radical (unpaired) electrons. The van der Waals surface area contributed by atoms with E-state index in [2.05, 4.69) is 9.97 Å². The number of carbonyl (C=O) groups is 1. The third-order valence-corrected chi connectivity index (χ3v) is 2.45. The number of carbonyl (C=O) groups excluding carboxylic acids is 1. The number of rotatable bonds is 2. The Kier molecular flexibility index (Phi) is 2.51. The molecule has 2 rings (SSSR count). The highest BCUT2D eigenvalue weighted by Gasteiger charge is 2.11. The maximum absolute atomic E-state index is 11.9. The summed E-state index contributed by atoms with van der Waals surface area (Å²) in [5.74, 6) is -0.550. The lowest BCUT2D eigenvalue weighted by Crippen LogP contribution is -2.33. The van der Waals surface area contributed by atoms with Gasteiger partial charge in [0.25, 0.3) is 5.56 Å². The van der Waals surface area contributed by atoms with E-state index in [1.807, 2.05) is 0 Å². The lowest BCUT2D eigenvalue weighted by molar-refractivity contribution is -0.117. The molecule has 2 aromatic heterocycles. The zero-order valence-corrected chi connectivity index (χ0v) is 9.06. The molecule has 7 nitrogen and oxygen atoms in total. The Balaban J connectivity index is 2.89. The summed E-state index contributed by atoms with van der Waals surface area (Å²) in [7, 11) is 1.35. The monoisotopic (exact) mass is 234 g/mol. The van der Waals surface area contributed by atoms with E-state index in [-0.39, 0.29) is 17.5 Å². The number of nitrogens with zero attached hydrogens (tertiary/aromatic N) is 2. The number of nitrogens with two attached hydrogens (primary N) is 1. The van der Waals surface area contributed by atoms with Crippen molar-refractivity contribution in [3.8, 4) is 0 Å². The van der Waals surface area contributed by atoms with Crippen molar-refractivity contribution in [1.82, 2.24) is 14.5 Å². The fourth-order valence-corrected chi connectivity index (χ4v) is 1.62. The molecule has 0 saturated carbocycles. The Morgan fingerprint density at radius 2 is 2.24 bits per heavy atom. The van der Waals surface area contributed by atoms with Gasteiger partial charge in [0, 0.05) is 13.2 Å². The molecule has 17 heavy (non-hydrogen) atoms. The third kappa shape index (κ3) is 1.82. The van der Waals surface area contributed by atoms with Crippen LogP contribution in [0.4, 0.5) is 0 Å². The standard InChI is InChI=1S/C10H10N4O3/c1-14-9(16)7-5(4-6(11)15)2-3-12-8(7)13-10(14)17/h2-3H,4H2,1H3,(H2,11,15)(H,12,13,17). The maximum Gasteiger partial charge on any atom is 0.329 e. The van der Waals surface area contributed by atoms with Gasteiger partial charge in [0.15, 0.2) is 0 Å². The van der Waals surface area contributed by atoms with Gasteiger partial charge < -0.3 is 5.73 Å². The van der Waals surface area contributed by atoms with Gasteiger partial charge >= 0.3 is 5.69 Å². The number of aromatic nitrogens is 3. The molecule has 0 bridgehead atoms. The van der Waals surface area contributed by atoms with Crippen molar-refractivity contribution in [2.45, 2.75) is 6.42 Å². The van der Waals surface area contributed by atoms with Crippen LogP contribution in [0.5, 0.6) is 0 Å². The largest absolute Gasteiger partial charge is 0.369 e. The molecule has 0 spiro atoms. The molecule has 0 aliphatic heterocycles. The van der Waals surface area contributed by atoms with E-state index < -0.39 is 17.2 Å². The van der Waals surface area contributed by atoms with Crippen molar-refractivity contribution in [3.05, 3.63) is 38.7 Å². The molecule has 0 saturated heterocycles. The first-order valence-corrected chi connectivity index (χ1v) is 4.86. The summed E-state index contributed by atoms with van der Waals surface area (Å²) >= 11 is 0. The van der Waals surface area contributed by atoms with Gasteiger partial charge in [-0.05, 0) is 11.6 Å². The molecule has 7 heteroatoms. The first kappa shape index (κ1) is 11.1. The van der Waals surface area contributed by atoms with Crippen LogP contribution in [-0.4, -0.2) is 20.4 Å².